The van der Waals surface area contributed by atoms with Crippen LogP contribution in [-0.4, -0.2) is 16.1 Å². The van der Waals surface area contributed by atoms with Crippen LogP contribution in [0.3, 0.4) is 0 Å². The summed E-state index contributed by atoms with van der Waals surface area (Å²) >= 11 is 0. The minimum Gasteiger partial charge on any atom is -0.330 e. The molecule has 0 atom stereocenters. The zero-order valence-corrected chi connectivity index (χ0v) is 11.0. The number of nitrogens with one attached hydrogen (secondary N) is 1. The Labute approximate surface area is 108 Å². The molecule has 0 radical (unpaired) electrons. The number of imidazole rings is 1. The molecule has 1 N–H and O–H groups in total. The Balaban J connectivity index is 1.65. The molecule has 3 nitrogen and oxygen atoms in total. The van der Waals surface area contributed by atoms with Crippen molar-refractivity contribution in [2.24, 2.45) is 13.0 Å². The molecule has 1 saturated carbocycles. The van der Waals surface area contributed by atoms with Crippen LogP contribution in [0.2, 0.25) is 0 Å². The van der Waals surface area contributed by atoms with Crippen molar-refractivity contribution in [2.45, 2.75) is 32.2 Å². The number of nitrogens with zero attached hydrogens (tertiary/aromatic N) is 2. The van der Waals surface area contributed by atoms with Crippen LogP contribution in [0.1, 0.15) is 31.5 Å². The average Bonchev–Trinajstić information content (AvgIpc) is 3.00. The molecule has 0 spiro atoms. The number of aryl methyl sites for hydroxylation is 1. The van der Waals surface area contributed by atoms with E-state index in [1.807, 2.05) is 6.07 Å². The number of aromatic nitrogens is 2. The molecule has 0 aliphatic heterocycles. The second-order valence-electron chi connectivity index (χ2n) is 5.36. The Bertz CT molecular complexity index is 524. The summed E-state index contributed by atoms with van der Waals surface area (Å²) in [7, 11) is 2.10. The molecule has 1 aromatic carbocycles. The van der Waals surface area contributed by atoms with Crippen LogP contribution >= 0.6 is 0 Å². The topological polar surface area (TPSA) is 29.9 Å². The van der Waals surface area contributed by atoms with Gasteiger partial charge in [0.2, 0.25) is 0 Å². The Morgan fingerprint density at radius 3 is 2.83 bits per heavy atom. The van der Waals surface area contributed by atoms with Crippen LogP contribution in [0.4, 0.5) is 0 Å². The monoisotopic (exact) mass is 243 g/mol. The fourth-order valence-corrected chi connectivity index (χ4v) is 2.96. The zero-order chi connectivity index (χ0) is 12.4. The molecule has 1 heterocycles. The van der Waals surface area contributed by atoms with Crippen LogP contribution in [0, 0.1) is 5.92 Å². The van der Waals surface area contributed by atoms with Crippen molar-refractivity contribution in [2.75, 3.05) is 6.54 Å². The zero-order valence-electron chi connectivity index (χ0n) is 11.0. The van der Waals surface area contributed by atoms with Gasteiger partial charge in [0.05, 0.1) is 17.6 Å². The molecule has 0 unspecified atom stereocenters. The molecule has 96 valence electrons. The molecule has 0 bridgehead atoms. The van der Waals surface area contributed by atoms with E-state index in [0.717, 1.165) is 30.3 Å². The standard InChI is InChI=1S/C15H21N3/c1-18-14-9-5-4-8-13(14)17-15(18)11-16-10-12-6-2-3-7-12/h4-5,8-9,12,16H,2-3,6-7,10-11H2,1H3. The van der Waals surface area contributed by atoms with E-state index in [-0.39, 0.29) is 0 Å². The second kappa shape index (κ2) is 5.11. The van der Waals surface area contributed by atoms with Crippen molar-refractivity contribution in [1.29, 1.82) is 0 Å². The van der Waals surface area contributed by atoms with Crippen molar-refractivity contribution >= 4 is 11.0 Å². The van der Waals surface area contributed by atoms with E-state index in [1.165, 1.54) is 31.2 Å². The summed E-state index contributed by atoms with van der Waals surface area (Å²) in [5.74, 6) is 2.02. The average molecular weight is 243 g/mol. The van der Waals surface area contributed by atoms with Gasteiger partial charge in [-0.3, -0.25) is 0 Å². The highest BCUT2D eigenvalue weighted by Gasteiger charge is 2.14. The first-order valence-electron chi connectivity index (χ1n) is 6.95. The maximum absolute atomic E-state index is 4.68. The van der Waals surface area contributed by atoms with Gasteiger partial charge < -0.3 is 9.88 Å². The third kappa shape index (κ3) is 2.27. The predicted octanol–water partition coefficient (Wildman–Crippen LogP) is 2.85. The van der Waals surface area contributed by atoms with Crippen LogP contribution in [0.5, 0.6) is 0 Å². The first-order valence-corrected chi connectivity index (χ1v) is 6.95. The maximum atomic E-state index is 4.68. The number of hydrogen-bond acceptors (Lipinski definition) is 2. The summed E-state index contributed by atoms with van der Waals surface area (Å²) in [5.41, 5.74) is 2.31. The molecular formula is C15H21N3. The van der Waals surface area contributed by atoms with E-state index < -0.39 is 0 Å². The summed E-state index contributed by atoms with van der Waals surface area (Å²) in [5, 5.41) is 3.56. The van der Waals surface area contributed by atoms with Gasteiger partial charge in [0.15, 0.2) is 0 Å². The minimum absolute atomic E-state index is 0.877. The van der Waals surface area contributed by atoms with Crippen LogP contribution < -0.4 is 5.32 Å². The smallest absolute Gasteiger partial charge is 0.123 e. The van der Waals surface area contributed by atoms with Crippen molar-refractivity contribution in [3.63, 3.8) is 0 Å². The van der Waals surface area contributed by atoms with Gasteiger partial charge in [0.1, 0.15) is 5.82 Å². The molecule has 1 aromatic heterocycles. The van der Waals surface area contributed by atoms with E-state index >= 15 is 0 Å². The van der Waals surface area contributed by atoms with Gasteiger partial charge >= 0.3 is 0 Å². The molecule has 1 aliphatic rings. The lowest BCUT2D eigenvalue weighted by Crippen LogP contribution is -2.22. The third-order valence-electron chi connectivity index (χ3n) is 4.07. The quantitative estimate of drug-likeness (QED) is 0.895. The van der Waals surface area contributed by atoms with Gasteiger partial charge in [-0.05, 0) is 37.4 Å². The first-order chi connectivity index (χ1) is 8.84. The molecule has 2 aromatic rings. The van der Waals surface area contributed by atoms with E-state index in [4.69, 9.17) is 0 Å². The van der Waals surface area contributed by atoms with Crippen LogP contribution in [0.25, 0.3) is 11.0 Å². The minimum atomic E-state index is 0.877. The van der Waals surface area contributed by atoms with Crippen molar-refractivity contribution < 1.29 is 0 Å². The largest absolute Gasteiger partial charge is 0.330 e. The number of fused-ring (bicyclic) bond motifs is 1. The molecule has 1 aliphatic carbocycles. The highest BCUT2D eigenvalue weighted by Crippen LogP contribution is 2.23. The predicted molar refractivity (Wildman–Crippen MR) is 74.4 cm³/mol. The van der Waals surface area contributed by atoms with Crippen LogP contribution in [-0.2, 0) is 13.6 Å². The highest BCUT2D eigenvalue weighted by atomic mass is 15.1. The number of para-hydroxylation sites is 2. The highest BCUT2D eigenvalue weighted by molar-refractivity contribution is 5.75. The lowest BCUT2D eigenvalue weighted by Gasteiger charge is -2.10. The van der Waals surface area contributed by atoms with Crippen molar-refractivity contribution in [3.05, 3.63) is 30.1 Å². The number of benzene rings is 1. The van der Waals surface area contributed by atoms with Gasteiger partial charge in [-0.1, -0.05) is 25.0 Å². The Kier molecular flexibility index (Phi) is 3.33. The van der Waals surface area contributed by atoms with E-state index in [1.54, 1.807) is 0 Å². The lowest BCUT2D eigenvalue weighted by molar-refractivity contribution is 0.481. The molecule has 1 fully saturated rings. The van der Waals surface area contributed by atoms with Gasteiger partial charge in [-0.15, -0.1) is 0 Å². The second-order valence-corrected chi connectivity index (χ2v) is 5.36. The number of hydrogen-bond donors (Lipinski definition) is 1. The Hall–Kier alpha value is -1.35. The van der Waals surface area contributed by atoms with E-state index in [2.05, 4.69) is 40.1 Å². The molecule has 0 saturated heterocycles. The number of rotatable bonds is 4. The molecule has 0 amide bonds. The van der Waals surface area contributed by atoms with Crippen molar-refractivity contribution in [3.8, 4) is 0 Å². The van der Waals surface area contributed by atoms with Gasteiger partial charge in [0.25, 0.3) is 0 Å². The van der Waals surface area contributed by atoms with Crippen molar-refractivity contribution in [1.82, 2.24) is 14.9 Å². The molecular weight excluding hydrogens is 222 g/mol. The summed E-state index contributed by atoms with van der Waals surface area (Å²) in [4.78, 5) is 4.68. The Morgan fingerprint density at radius 1 is 1.28 bits per heavy atom. The van der Waals surface area contributed by atoms with E-state index in [9.17, 15) is 0 Å². The fourth-order valence-electron chi connectivity index (χ4n) is 2.96. The van der Waals surface area contributed by atoms with Gasteiger partial charge in [0, 0.05) is 7.05 Å². The summed E-state index contributed by atoms with van der Waals surface area (Å²) in [6.07, 6.45) is 5.63. The molecule has 3 rings (SSSR count). The summed E-state index contributed by atoms with van der Waals surface area (Å²) in [6, 6.07) is 8.32. The van der Waals surface area contributed by atoms with Crippen LogP contribution in [0.15, 0.2) is 24.3 Å². The van der Waals surface area contributed by atoms with E-state index in [0.29, 0.717) is 0 Å². The SMILES string of the molecule is Cn1c(CNCC2CCCC2)nc2ccccc21. The summed E-state index contributed by atoms with van der Waals surface area (Å²) < 4.78 is 2.19. The Morgan fingerprint density at radius 2 is 2.06 bits per heavy atom. The van der Waals surface area contributed by atoms with Gasteiger partial charge in [-0.2, -0.15) is 0 Å². The molecule has 18 heavy (non-hydrogen) atoms. The maximum Gasteiger partial charge on any atom is 0.123 e. The summed E-state index contributed by atoms with van der Waals surface area (Å²) in [6.45, 7) is 2.02. The third-order valence-corrected chi connectivity index (χ3v) is 4.07. The van der Waals surface area contributed by atoms with Gasteiger partial charge in [-0.25, -0.2) is 4.98 Å². The molecule has 3 heteroatoms. The first kappa shape index (κ1) is 11.7. The lowest BCUT2D eigenvalue weighted by atomic mass is 10.1. The fraction of sp³-hybridized carbons (Fsp3) is 0.533. The normalized spacial score (nSPS) is 16.7.